The van der Waals surface area contributed by atoms with Gasteiger partial charge in [-0.1, -0.05) is 19.1 Å². The highest BCUT2D eigenvalue weighted by molar-refractivity contribution is 8.03. The Hall–Kier alpha value is -1.01. The Morgan fingerprint density at radius 3 is 2.87 bits per heavy atom. The molecule has 0 aliphatic carbocycles. The normalized spacial score (nSPS) is 12.1. The van der Waals surface area contributed by atoms with Gasteiger partial charge in [0.05, 0.1) is 0 Å². The third-order valence-electron chi connectivity index (χ3n) is 2.24. The molecule has 0 aliphatic heterocycles. The Bertz CT molecular complexity index is 370. The van der Waals surface area contributed by atoms with Crippen molar-refractivity contribution in [2.75, 3.05) is 5.75 Å². The van der Waals surface area contributed by atoms with Gasteiger partial charge in [-0.05, 0) is 48.2 Å². The van der Waals surface area contributed by atoms with E-state index in [1.54, 1.807) is 6.92 Å². The lowest BCUT2D eigenvalue weighted by atomic mass is 10.0. The van der Waals surface area contributed by atoms with E-state index in [4.69, 9.17) is 5.26 Å². The molecule has 80 valence electrons. The molecule has 0 radical (unpaired) electrons. The molecule has 1 atom stereocenters. The van der Waals surface area contributed by atoms with Crippen LogP contribution < -0.4 is 0 Å². The predicted octanol–water partition coefficient (Wildman–Crippen LogP) is 3.53. The van der Waals surface area contributed by atoms with Crippen molar-refractivity contribution in [3.8, 4) is 5.40 Å². The van der Waals surface area contributed by atoms with E-state index in [1.807, 2.05) is 12.1 Å². The molecule has 1 unspecified atom stereocenters. The van der Waals surface area contributed by atoms with Crippen LogP contribution in [0.4, 0.5) is 4.39 Å². The van der Waals surface area contributed by atoms with Crippen LogP contribution in [0, 0.1) is 29.3 Å². The molecule has 0 N–H and O–H groups in total. The van der Waals surface area contributed by atoms with Gasteiger partial charge in [-0.25, -0.2) is 4.39 Å². The van der Waals surface area contributed by atoms with Crippen LogP contribution in [-0.4, -0.2) is 5.75 Å². The van der Waals surface area contributed by atoms with E-state index < -0.39 is 0 Å². The monoisotopic (exact) mass is 223 g/mol. The van der Waals surface area contributed by atoms with Gasteiger partial charge in [-0.3, -0.25) is 0 Å². The number of hydrogen-bond acceptors (Lipinski definition) is 2. The van der Waals surface area contributed by atoms with Crippen molar-refractivity contribution in [3.05, 3.63) is 35.1 Å². The molecule has 0 saturated heterocycles. The molecule has 1 nitrogen and oxygen atoms in total. The number of halogens is 1. The van der Waals surface area contributed by atoms with Crippen LogP contribution in [0.2, 0.25) is 0 Å². The number of benzene rings is 1. The highest BCUT2D eigenvalue weighted by Gasteiger charge is 2.05. The predicted molar refractivity (Wildman–Crippen MR) is 62.1 cm³/mol. The Morgan fingerprint density at radius 1 is 1.53 bits per heavy atom. The van der Waals surface area contributed by atoms with Crippen molar-refractivity contribution in [2.24, 2.45) is 5.92 Å². The minimum absolute atomic E-state index is 0.155. The maximum atomic E-state index is 13.0. The van der Waals surface area contributed by atoms with Crippen molar-refractivity contribution in [2.45, 2.75) is 20.3 Å². The van der Waals surface area contributed by atoms with Crippen molar-refractivity contribution in [1.29, 1.82) is 5.26 Å². The zero-order valence-corrected chi connectivity index (χ0v) is 9.77. The van der Waals surface area contributed by atoms with Gasteiger partial charge >= 0.3 is 0 Å². The molecule has 0 fully saturated rings. The minimum Gasteiger partial charge on any atom is -0.207 e. The summed E-state index contributed by atoms with van der Waals surface area (Å²) in [5.74, 6) is 1.12. The van der Waals surface area contributed by atoms with E-state index in [0.717, 1.165) is 17.7 Å². The van der Waals surface area contributed by atoms with Crippen LogP contribution in [0.25, 0.3) is 0 Å². The standard InChI is InChI=1S/C12H14FNS/c1-9(7-15-8-14)5-11-3-4-12(13)10(2)6-11/h3-4,6,9H,5,7H2,1-2H3. The second kappa shape index (κ2) is 5.77. The molecule has 0 saturated carbocycles. The third kappa shape index (κ3) is 3.93. The van der Waals surface area contributed by atoms with Gasteiger partial charge in [-0.15, -0.1) is 0 Å². The average molecular weight is 223 g/mol. The molecule has 0 bridgehead atoms. The summed E-state index contributed by atoms with van der Waals surface area (Å²) in [6.07, 6.45) is 0.899. The van der Waals surface area contributed by atoms with Gasteiger partial charge in [0.2, 0.25) is 0 Å². The van der Waals surface area contributed by atoms with Gasteiger partial charge in [0.25, 0.3) is 0 Å². The zero-order valence-electron chi connectivity index (χ0n) is 8.96. The lowest BCUT2D eigenvalue weighted by molar-refractivity contribution is 0.613. The number of hydrogen-bond donors (Lipinski definition) is 0. The summed E-state index contributed by atoms with van der Waals surface area (Å²) in [4.78, 5) is 0. The Kier molecular flexibility index (Phi) is 4.64. The molecule has 3 heteroatoms. The smallest absolute Gasteiger partial charge is 0.133 e. The number of nitrogens with zero attached hydrogens (tertiary/aromatic N) is 1. The maximum Gasteiger partial charge on any atom is 0.133 e. The van der Waals surface area contributed by atoms with E-state index in [-0.39, 0.29) is 5.82 Å². The summed E-state index contributed by atoms with van der Waals surface area (Å²) < 4.78 is 13.0. The van der Waals surface area contributed by atoms with Crippen molar-refractivity contribution in [1.82, 2.24) is 0 Å². The summed E-state index contributed by atoms with van der Waals surface area (Å²) in [6.45, 7) is 3.87. The number of rotatable bonds is 4. The molecule has 0 aliphatic rings. The van der Waals surface area contributed by atoms with Crippen LogP contribution >= 0.6 is 11.8 Å². The van der Waals surface area contributed by atoms with Crippen molar-refractivity contribution >= 4 is 11.8 Å². The van der Waals surface area contributed by atoms with Crippen LogP contribution in [0.5, 0.6) is 0 Å². The third-order valence-corrected chi connectivity index (χ3v) is 3.10. The largest absolute Gasteiger partial charge is 0.207 e. The molecule has 1 aromatic carbocycles. The number of thiocyanates is 1. The summed E-state index contributed by atoms with van der Waals surface area (Å²) >= 11 is 1.27. The topological polar surface area (TPSA) is 23.8 Å². The minimum atomic E-state index is -0.155. The Labute approximate surface area is 94.3 Å². The second-order valence-corrected chi connectivity index (χ2v) is 4.60. The van der Waals surface area contributed by atoms with Crippen LogP contribution in [0.1, 0.15) is 18.1 Å². The summed E-state index contributed by atoms with van der Waals surface area (Å²) in [5.41, 5.74) is 1.83. The molecule has 0 amide bonds. The lowest BCUT2D eigenvalue weighted by Gasteiger charge is -2.09. The first-order valence-electron chi connectivity index (χ1n) is 4.89. The van der Waals surface area contributed by atoms with Crippen LogP contribution in [0.3, 0.4) is 0 Å². The lowest BCUT2D eigenvalue weighted by Crippen LogP contribution is -2.02. The fraction of sp³-hybridized carbons (Fsp3) is 0.417. The summed E-state index contributed by atoms with van der Waals surface area (Å²) in [6, 6.07) is 5.20. The molecular formula is C12H14FNS. The zero-order chi connectivity index (χ0) is 11.3. The molecule has 1 rings (SSSR count). The molecule has 0 spiro atoms. The first-order chi connectivity index (χ1) is 7.13. The number of nitriles is 1. The van der Waals surface area contributed by atoms with E-state index in [1.165, 1.54) is 17.8 Å². The number of aryl methyl sites for hydroxylation is 1. The average Bonchev–Trinajstić information content (AvgIpc) is 2.20. The van der Waals surface area contributed by atoms with E-state index in [0.29, 0.717) is 11.5 Å². The molecule has 1 aromatic rings. The van der Waals surface area contributed by atoms with Crippen molar-refractivity contribution in [3.63, 3.8) is 0 Å². The molecule has 15 heavy (non-hydrogen) atoms. The van der Waals surface area contributed by atoms with Crippen molar-refractivity contribution < 1.29 is 4.39 Å². The van der Waals surface area contributed by atoms with Gasteiger partial charge in [-0.2, -0.15) is 5.26 Å². The van der Waals surface area contributed by atoms with Gasteiger partial charge in [0.1, 0.15) is 11.2 Å². The Balaban J connectivity index is 2.57. The summed E-state index contributed by atoms with van der Waals surface area (Å²) in [7, 11) is 0. The highest BCUT2D eigenvalue weighted by Crippen LogP contribution is 2.16. The molecule has 0 heterocycles. The van der Waals surface area contributed by atoms with E-state index >= 15 is 0 Å². The van der Waals surface area contributed by atoms with Crippen LogP contribution in [0.15, 0.2) is 18.2 Å². The van der Waals surface area contributed by atoms with Gasteiger partial charge in [0, 0.05) is 5.75 Å². The maximum absolute atomic E-state index is 13.0. The van der Waals surface area contributed by atoms with Crippen LogP contribution in [-0.2, 0) is 6.42 Å². The fourth-order valence-corrected chi connectivity index (χ4v) is 1.95. The second-order valence-electron chi connectivity index (χ2n) is 3.80. The van der Waals surface area contributed by atoms with E-state index in [9.17, 15) is 4.39 Å². The SMILES string of the molecule is Cc1cc(CC(C)CSC#N)ccc1F. The summed E-state index contributed by atoms with van der Waals surface area (Å²) in [5, 5.41) is 10.5. The Morgan fingerprint density at radius 2 is 2.27 bits per heavy atom. The van der Waals surface area contributed by atoms with Gasteiger partial charge in [0.15, 0.2) is 0 Å². The molecular weight excluding hydrogens is 209 g/mol. The fourth-order valence-electron chi connectivity index (χ4n) is 1.47. The van der Waals surface area contributed by atoms with Gasteiger partial charge < -0.3 is 0 Å². The first kappa shape index (κ1) is 12.1. The number of thioether (sulfide) groups is 1. The highest BCUT2D eigenvalue weighted by atomic mass is 32.2. The molecule has 0 aromatic heterocycles. The quantitative estimate of drug-likeness (QED) is 0.729. The van der Waals surface area contributed by atoms with E-state index in [2.05, 4.69) is 12.3 Å². The first-order valence-corrected chi connectivity index (χ1v) is 5.88.